The molecule has 1 atom stereocenters. The van der Waals surface area contributed by atoms with Crippen LogP contribution in [0.5, 0.6) is 0 Å². The summed E-state index contributed by atoms with van der Waals surface area (Å²) in [5.74, 6) is 0.368. The molecule has 0 saturated carbocycles. The minimum Gasteiger partial charge on any atom is -0.352 e. The summed E-state index contributed by atoms with van der Waals surface area (Å²) >= 11 is 0. The molecule has 6 nitrogen and oxygen atoms in total. The fourth-order valence-corrected chi connectivity index (χ4v) is 3.97. The van der Waals surface area contributed by atoms with Gasteiger partial charge in [0.2, 0.25) is 17.7 Å². The van der Waals surface area contributed by atoms with E-state index in [9.17, 15) is 14.4 Å². The van der Waals surface area contributed by atoms with Gasteiger partial charge in [0, 0.05) is 38.4 Å². The number of nitrogens with one attached hydrogen (secondary N) is 3. The van der Waals surface area contributed by atoms with Gasteiger partial charge in [0.1, 0.15) is 0 Å². The van der Waals surface area contributed by atoms with Gasteiger partial charge in [-0.3, -0.25) is 14.4 Å². The van der Waals surface area contributed by atoms with E-state index in [0.29, 0.717) is 38.9 Å². The third kappa shape index (κ3) is 13.4. The van der Waals surface area contributed by atoms with Gasteiger partial charge in [-0.2, -0.15) is 0 Å². The van der Waals surface area contributed by atoms with E-state index in [-0.39, 0.29) is 29.6 Å². The van der Waals surface area contributed by atoms with Gasteiger partial charge in [-0.05, 0) is 35.4 Å². The van der Waals surface area contributed by atoms with Crippen molar-refractivity contribution in [3.05, 3.63) is 108 Å². The number of benzene rings is 3. The molecule has 0 radical (unpaired) electrons. The smallest absolute Gasteiger partial charge is 0.223 e. The largest absolute Gasteiger partial charge is 0.352 e. The van der Waals surface area contributed by atoms with Gasteiger partial charge in [-0.1, -0.05) is 112 Å². The Bertz CT molecular complexity index is 1100. The van der Waals surface area contributed by atoms with Gasteiger partial charge < -0.3 is 16.0 Å². The Kier molecular flexibility index (Phi) is 14.7. The lowest BCUT2D eigenvalue weighted by Crippen LogP contribution is -2.33. The average molecular weight is 530 g/mol. The zero-order chi connectivity index (χ0) is 28.3. The van der Waals surface area contributed by atoms with E-state index >= 15 is 0 Å². The summed E-state index contributed by atoms with van der Waals surface area (Å²) in [5.41, 5.74) is 3.32. The van der Waals surface area contributed by atoms with Crippen LogP contribution >= 0.6 is 0 Å². The number of hydrogen-bond donors (Lipinski definition) is 3. The molecule has 1 unspecified atom stereocenters. The Balaban J connectivity index is 0.000000370. The lowest BCUT2D eigenvalue weighted by Gasteiger charge is -2.20. The van der Waals surface area contributed by atoms with E-state index < -0.39 is 0 Å². The molecule has 6 heteroatoms. The van der Waals surface area contributed by atoms with Crippen LogP contribution in [0.25, 0.3) is 0 Å². The van der Waals surface area contributed by atoms with E-state index in [1.54, 1.807) is 0 Å². The zero-order valence-electron chi connectivity index (χ0n) is 23.5. The lowest BCUT2D eigenvalue weighted by molar-refractivity contribution is -0.127. The first-order valence-electron chi connectivity index (χ1n) is 13.8. The van der Waals surface area contributed by atoms with Crippen LogP contribution in [0.1, 0.15) is 63.1 Å². The summed E-state index contributed by atoms with van der Waals surface area (Å²) in [7, 11) is 0. The van der Waals surface area contributed by atoms with Gasteiger partial charge in [0.15, 0.2) is 0 Å². The quantitative estimate of drug-likeness (QED) is 0.263. The molecule has 0 heterocycles. The van der Waals surface area contributed by atoms with E-state index in [2.05, 4.69) is 29.8 Å². The second-order valence-electron chi connectivity index (χ2n) is 9.82. The highest BCUT2D eigenvalue weighted by molar-refractivity contribution is 5.79. The average Bonchev–Trinajstić information content (AvgIpc) is 2.97. The van der Waals surface area contributed by atoms with Crippen molar-refractivity contribution in [3.8, 4) is 0 Å². The second-order valence-corrected chi connectivity index (χ2v) is 9.82. The molecule has 3 aromatic rings. The first kappa shape index (κ1) is 31.3. The van der Waals surface area contributed by atoms with Crippen LogP contribution < -0.4 is 16.0 Å². The molecule has 39 heavy (non-hydrogen) atoms. The predicted molar refractivity (Wildman–Crippen MR) is 157 cm³/mol. The number of rotatable bonds is 13. The van der Waals surface area contributed by atoms with E-state index in [1.807, 2.05) is 97.9 Å². The molecule has 0 saturated heterocycles. The van der Waals surface area contributed by atoms with Crippen molar-refractivity contribution >= 4 is 17.7 Å². The fraction of sp³-hybridized carbons (Fsp3) is 0.364. The number of hydrogen-bond acceptors (Lipinski definition) is 3. The van der Waals surface area contributed by atoms with Crippen LogP contribution in [0.2, 0.25) is 0 Å². The summed E-state index contributed by atoms with van der Waals surface area (Å²) in [6.07, 6.45) is 2.42. The van der Waals surface area contributed by atoms with Crippen LogP contribution in [0.4, 0.5) is 0 Å². The molecule has 0 spiro atoms. The van der Waals surface area contributed by atoms with Gasteiger partial charge >= 0.3 is 0 Å². The zero-order valence-corrected chi connectivity index (χ0v) is 23.5. The SMILES string of the molecule is CC(C)C(CCCC(=O)NCc1ccccc1)C(=O)NCc1ccccc1.CCC(=O)NCc1ccccc1. The summed E-state index contributed by atoms with van der Waals surface area (Å²) in [5, 5.41) is 8.77. The van der Waals surface area contributed by atoms with Crippen molar-refractivity contribution in [2.24, 2.45) is 11.8 Å². The first-order chi connectivity index (χ1) is 18.9. The highest BCUT2D eigenvalue weighted by Gasteiger charge is 2.21. The molecule has 0 aliphatic carbocycles. The normalized spacial score (nSPS) is 11.1. The monoisotopic (exact) mass is 529 g/mol. The molecule has 0 bridgehead atoms. The predicted octanol–water partition coefficient (Wildman–Crippen LogP) is 5.77. The molecule has 0 fully saturated rings. The van der Waals surface area contributed by atoms with Gasteiger partial charge in [-0.15, -0.1) is 0 Å². The summed E-state index contributed by atoms with van der Waals surface area (Å²) in [6.45, 7) is 7.68. The van der Waals surface area contributed by atoms with E-state index in [0.717, 1.165) is 23.1 Å². The molecule has 0 aliphatic heterocycles. The molecule has 0 aliphatic rings. The van der Waals surface area contributed by atoms with Gasteiger partial charge in [0.25, 0.3) is 0 Å². The van der Waals surface area contributed by atoms with Gasteiger partial charge in [0.05, 0.1) is 0 Å². The third-order valence-corrected chi connectivity index (χ3v) is 6.36. The molecule has 208 valence electrons. The van der Waals surface area contributed by atoms with Crippen LogP contribution in [0, 0.1) is 11.8 Å². The van der Waals surface area contributed by atoms with Crippen LogP contribution in [0.15, 0.2) is 91.0 Å². The minimum absolute atomic E-state index is 0.0334. The molecule has 3 rings (SSSR count). The summed E-state index contributed by atoms with van der Waals surface area (Å²) in [4.78, 5) is 35.4. The molecular formula is C33H43N3O3. The van der Waals surface area contributed by atoms with Crippen LogP contribution in [0.3, 0.4) is 0 Å². The molecular weight excluding hydrogens is 486 g/mol. The van der Waals surface area contributed by atoms with Gasteiger partial charge in [-0.25, -0.2) is 0 Å². The van der Waals surface area contributed by atoms with Crippen molar-refractivity contribution in [2.75, 3.05) is 0 Å². The Morgan fingerprint density at radius 2 is 1.03 bits per heavy atom. The van der Waals surface area contributed by atoms with E-state index in [1.165, 1.54) is 0 Å². The van der Waals surface area contributed by atoms with Crippen molar-refractivity contribution in [2.45, 2.75) is 66.1 Å². The minimum atomic E-state index is -0.0735. The highest BCUT2D eigenvalue weighted by atomic mass is 16.2. The topological polar surface area (TPSA) is 87.3 Å². The maximum absolute atomic E-state index is 12.5. The van der Waals surface area contributed by atoms with Crippen molar-refractivity contribution < 1.29 is 14.4 Å². The van der Waals surface area contributed by atoms with Crippen molar-refractivity contribution in [3.63, 3.8) is 0 Å². The first-order valence-corrected chi connectivity index (χ1v) is 13.8. The fourth-order valence-electron chi connectivity index (χ4n) is 3.97. The third-order valence-electron chi connectivity index (χ3n) is 6.36. The Hall–Kier alpha value is -3.93. The maximum atomic E-state index is 12.5. The number of carbonyl (C=O) groups excluding carboxylic acids is 3. The maximum Gasteiger partial charge on any atom is 0.223 e. The number of carbonyl (C=O) groups is 3. The standard InChI is InChI=1S/C23H30N2O2.C10H13NO/c1-18(2)21(23(27)25-17-20-12-7-4-8-13-20)14-9-15-22(26)24-16-19-10-5-3-6-11-19;1-2-10(12)11-8-9-6-4-3-5-7-9/h3-8,10-13,18,21H,9,14-17H2,1-2H3,(H,24,26)(H,25,27);3-7H,2,8H2,1H3,(H,11,12). The highest BCUT2D eigenvalue weighted by Crippen LogP contribution is 2.19. The number of amides is 3. The molecule has 0 aromatic heterocycles. The lowest BCUT2D eigenvalue weighted by atomic mass is 9.89. The molecule has 3 amide bonds. The Morgan fingerprint density at radius 1 is 0.615 bits per heavy atom. The van der Waals surface area contributed by atoms with Crippen molar-refractivity contribution in [1.29, 1.82) is 0 Å². The molecule has 3 aromatic carbocycles. The summed E-state index contributed by atoms with van der Waals surface area (Å²) in [6, 6.07) is 29.7. The Morgan fingerprint density at radius 3 is 1.44 bits per heavy atom. The van der Waals surface area contributed by atoms with Crippen LogP contribution in [-0.2, 0) is 34.0 Å². The Labute approximate surface area is 233 Å². The van der Waals surface area contributed by atoms with Crippen LogP contribution in [-0.4, -0.2) is 17.7 Å². The molecule has 3 N–H and O–H groups in total. The summed E-state index contributed by atoms with van der Waals surface area (Å²) < 4.78 is 0. The second kappa shape index (κ2) is 18.3. The van der Waals surface area contributed by atoms with Crippen molar-refractivity contribution in [1.82, 2.24) is 16.0 Å². The van der Waals surface area contributed by atoms with E-state index in [4.69, 9.17) is 0 Å².